The average Bonchev–Trinajstić information content (AvgIpc) is 2.48. The van der Waals surface area contributed by atoms with E-state index in [1.165, 1.54) is 19.3 Å². The fourth-order valence-electron chi connectivity index (χ4n) is 1.97. The summed E-state index contributed by atoms with van der Waals surface area (Å²) in [6.45, 7) is 0.276. The van der Waals surface area contributed by atoms with E-state index in [1.54, 1.807) is 6.20 Å². The summed E-state index contributed by atoms with van der Waals surface area (Å²) < 4.78 is 2.15. The van der Waals surface area contributed by atoms with Crippen molar-refractivity contribution in [3.8, 4) is 0 Å². The molecule has 1 heterocycles. The van der Waals surface area contributed by atoms with E-state index in [4.69, 9.17) is 5.11 Å². The van der Waals surface area contributed by atoms with Crippen molar-refractivity contribution in [2.45, 2.75) is 31.2 Å². The second-order valence-electron chi connectivity index (χ2n) is 3.52. The van der Waals surface area contributed by atoms with Crippen LogP contribution in [-0.2, 0) is 5.54 Å². The fraction of sp³-hybridized carbons (Fsp3) is 0.667. The first-order valence-electron chi connectivity index (χ1n) is 4.47. The van der Waals surface area contributed by atoms with Gasteiger partial charge in [0.15, 0.2) is 0 Å². The lowest BCUT2D eigenvalue weighted by Gasteiger charge is -2.42. The lowest BCUT2D eigenvalue weighted by atomic mass is 9.74. The summed E-state index contributed by atoms with van der Waals surface area (Å²) in [5.74, 6) is 0. The predicted octanol–water partition coefficient (Wildman–Crippen LogP) is 1.14. The molecule has 0 aromatic carbocycles. The Morgan fingerprint density at radius 1 is 1.50 bits per heavy atom. The molecule has 0 radical (unpaired) electrons. The van der Waals surface area contributed by atoms with E-state index in [1.807, 2.05) is 12.5 Å². The van der Waals surface area contributed by atoms with Crippen LogP contribution >= 0.6 is 0 Å². The van der Waals surface area contributed by atoms with E-state index in [9.17, 15) is 0 Å². The van der Waals surface area contributed by atoms with Crippen LogP contribution in [0.3, 0.4) is 0 Å². The molecule has 0 spiro atoms. The van der Waals surface area contributed by atoms with Gasteiger partial charge in [0.25, 0.3) is 0 Å². The van der Waals surface area contributed by atoms with Crippen molar-refractivity contribution in [1.82, 2.24) is 9.55 Å². The molecule has 0 aliphatic heterocycles. The van der Waals surface area contributed by atoms with Gasteiger partial charge in [-0.2, -0.15) is 0 Å². The van der Waals surface area contributed by atoms with E-state index >= 15 is 0 Å². The molecule has 12 heavy (non-hydrogen) atoms. The first-order chi connectivity index (χ1) is 5.87. The number of aromatic nitrogens is 2. The Kier molecular flexibility index (Phi) is 1.89. The first-order valence-corrected chi connectivity index (χ1v) is 4.47. The van der Waals surface area contributed by atoms with Gasteiger partial charge in [0, 0.05) is 24.5 Å². The lowest BCUT2D eigenvalue weighted by molar-refractivity contribution is 0.0968. The quantitative estimate of drug-likeness (QED) is 0.731. The first kappa shape index (κ1) is 7.80. The third kappa shape index (κ3) is 1.05. The van der Waals surface area contributed by atoms with Gasteiger partial charge in [0.05, 0.1) is 6.33 Å². The van der Waals surface area contributed by atoms with E-state index < -0.39 is 0 Å². The molecule has 1 aliphatic rings. The maximum absolute atomic E-state index is 8.93. The second kappa shape index (κ2) is 2.90. The van der Waals surface area contributed by atoms with Crippen LogP contribution in [0.1, 0.15) is 25.7 Å². The molecular formula is C9H14N2O. The van der Waals surface area contributed by atoms with Gasteiger partial charge in [-0.3, -0.25) is 0 Å². The van der Waals surface area contributed by atoms with Crippen molar-refractivity contribution in [3.05, 3.63) is 18.7 Å². The molecule has 2 rings (SSSR count). The van der Waals surface area contributed by atoms with Crippen LogP contribution in [0, 0.1) is 0 Å². The van der Waals surface area contributed by atoms with Crippen molar-refractivity contribution >= 4 is 0 Å². The highest BCUT2D eigenvalue weighted by Crippen LogP contribution is 2.41. The minimum absolute atomic E-state index is 0.200. The Hall–Kier alpha value is -0.830. The molecule has 1 fully saturated rings. The monoisotopic (exact) mass is 166 g/mol. The minimum atomic E-state index is 0.200. The van der Waals surface area contributed by atoms with Crippen LogP contribution in [0.25, 0.3) is 0 Å². The highest BCUT2D eigenvalue weighted by atomic mass is 16.3. The Bertz CT molecular complexity index is 239. The zero-order valence-corrected chi connectivity index (χ0v) is 7.11. The molecule has 0 atom stereocenters. The molecule has 3 heteroatoms. The van der Waals surface area contributed by atoms with Crippen molar-refractivity contribution < 1.29 is 5.11 Å². The zero-order valence-electron chi connectivity index (χ0n) is 7.11. The van der Waals surface area contributed by atoms with Crippen molar-refractivity contribution in [1.29, 1.82) is 0 Å². The Morgan fingerprint density at radius 3 is 2.75 bits per heavy atom. The topological polar surface area (TPSA) is 38.0 Å². The molecule has 0 bridgehead atoms. The molecule has 3 nitrogen and oxygen atoms in total. The summed E-state index contributed by atoms with van der Waals surface area (Å²) in [5.41, 5.74) is 0.200. The molecule has 1 aliphatic carbocycles. The van der Waals surface area contributed by atoms with E-state index in [0.29, 0.717) is 0 Å². The van der Waals surface area contributed by atoms with Gasteiger partial charge in [0.2, 0.25) is 0 Å². The van der Waals surface area contributed by atoms with E-state index in [-0.39, 0.29) is 12.1 Å². The summed E-state index contributed by atoms with van der Waals surface area (Å²) >= 11 is 0. The Balaban J connectivity index is 2.17. The number of aliphatic hydroxyl groups excluding tert-OH is 1. The molecule has 0 amide bonds. The summed E-state index contributed by atoms with van der Waals surface area (Å²) in [5, 5.41) is 8.93. The molecule has 66 valence electrons. The van der Waals surface area contributed by atoms with Crippen LogP contribution in [0.5, 0.6) is 0 Å². The standard InChI is InChI=1S/C9H14N2O/c12-7-4-9(2-1-3-9)11-6-5-10-8-11/h5-6,8,12H,1-4,7H2. The van der Waals surface area contributed by atoms with E-state index in [2.05, 4.69) is 9.55 Å². The predicted molar refractivity (Wildman–Crippen MR) is 45.8 cm³/mol. The largest absolute Gasteiger partial charge is 0.396 e. The Labute approximate surface area is 72.0 Å². The van der Waals surface area contributed by atoms with Gasteiger partial charge < -0.3 is 9.67 Å². The molecule has 1 aromatic heterocycles. The van der Waals surface area contributed by atoms with Crippen LogP contribution in [0.4, 0.5) is 0 Å². The van der Waals surface area contributed by atoms with Gasteiger partial charge in [-0.15, -0.1) is 0 Å². The minimum Gasteiger partial charge on any atom is -0.396 e. The SMILES string of the molecule is OCCC1(n2ccnc2)CCC1. The third-order valence-electron chi connectivity index (χ3n) is 2.91. The van der Waals surface area contributed by atoms with Gasteiger partial charge in [-0.05, 0) is 25.7 Å². The van der Waals surface area contributed by atoms with Gasteiger partial charge >= 0.3 is 0 Å². The van der Waals surface area contributed by atoms with Crippen LogP contribution in [0.2, 0.25) is 0 Å². The lowest BCUT2D eigenvalue weighted by Crippen LogP contribution is -2.40. The average molecular weight is 166 g/mol. The van der Waals surface area contributed by atoms with Crippen LogP contribution in [0.15, 0.2) is 18.7 Å². The summed E-state index contributed by atoms with van der Waals surface area (Å²) in [7, 11) is 0. The third-order valence-corrected chi connectivity index (χ3v) is 2.91. The van der Waals surface area contributed by atoms with Gasteiger partial charge in [0.1, 0.15) is 0 Å². The normalized spacial score (nSPS) is 20.4. The Morgan fingerprint density at radius 2 is 2.33 bits per heavy atom. The van der Waals surface area contributed by atoms with Crippen molar-refractivity contribution in [3.63, 3.8) is 0 Å². The summed E-state index contributed by atoms with van der Waals surface area (Å²) in [4.78, 5) is 4.03. The maximum Gasteiger partial charge on any atom is 0.0951 e. The number of aliphatic hydroxyl groups is 1. The van der Waals surface area contributed by atoms with Crippen LogP contribution < -0.4 is 0 Å². The second-order valence-corrected chi connectivity index (χ2v) is 3.52. The molecule has 1 saturated carbocycles. The van der Waals surface area contributed by atoms with Crippen molar-refractivity contribution in [2.75, 3.05) is 6.61 Å². The number of hydrogen-bond acceptors (Lipinski definition) is 2. The van der Waals surface area contributed by atoms with Crippen LogP contribution in [-0.4, -0.2) is 21.3 Å². The summed E-state index contributed by atoms with van der Waals surface area (Å²) in [6.07, 6.45) is 10.2. The maximum atomic E-state index is 8.93. The van der Waals surface area contributed by atoms with Gasteiger partial charge in [-0.25, -0.2) is 4.98 Å². The van der Waals surface area contributed by atoms with Gasteiger partial charge in [-0.1, -0.05) is 0 Å². The number of nitrogens with zero attached hydrogens (tertiary/aromatic N) is 2. The van der Waals surface area contributed by atoms with E-state index in [0.717, 1.165) is 6.42 Å². The molecule has 0 unspecified atom stereocenters. The zero-order chi connectivity index (χ0) is 8.44. The smallest absolute Gasteiger partial charge is 0.0951 e. The number of imidazole rings is 1. The molecular weight excluding hydrogens is 152 g/mol. The number of hydrogen-bond donors (Lipinski definition) is 1. The number of rotatable bonds is 3. The summed E-state index contributed by atoms with van der Waals surface area (Å²) in [6, 6.07) is 0. The molecule has 0 saturated heterocycles. The molecule has 1 aromatic rings. The fourth-order valence-corrected chi connectivity index (χ4v) is 1.97. The highest BCUT2D eigenvalue weighted by Gasteiger charge is 2.37. The van der Waals surface area contributed by atoms with Crippen molar-refractivity contribution in [2.24, 2.45) is 0 Å². The highest BCUT2D eigenvalue weighted by molar-refractivity contribution is 4.97. The molecule has 1 N–H and O–H groups in total.